The van der Waals surface area contributed by atoms with Gasteiger partial charge in [0, 0.05) is 34.9 Å². The third kappa shape index (κ3) is 6.75. The Morgan fingerprint density at radius 2 is 1.79 bits per heavy atom. The van der Waals surface area contributed by atoms with E-state index in [0.717, 1.165) is 28.8 Å². The zero-order chi connectivity index (χ0) is 33.5. The summed E-state index contributed by atoms with van der Waals surface area (Å²) in [6.07, 6.45) is 5.86. The van der Waals surface area contributed by atoms with Crippen molar-refractivity contribution in [3.63, 3.8) is 0 Å². The van der Waals surface area contributed by atoms with Gasteiger partial charge >= 0.3 is 7.12 Å². The largest absolute Gasteiger partial charge is 0.481 e. The molecule has 3 N–H and O–H groups in total. The van der Waals surface area contributed by atoms with E-state index < -0.39 is 36.5 Å². The minimum atomic E-state index is -1.07. The lowest BCUT2D eigenvalue weighted by Crippen LogP contribution is -2.65. The van der Waals surface area contributed by atoms with Gasteiger partial charge in [0.2, 0.25) is 5.91 Å². The van der Waals surface area contributed by atoms with E-state index in [2.05, 4.69) is 55.6 Å². The van der Waals surface area contributed by atoms with E-state index in [9.17, 15) is 14.4 Å². The van der Waals surface area contributed by atoms with Crippen LogP contribution in [-0.2, 0) is 14.1 Å². The molecular formula is C36H45BN4O5S. The molecule has 11 heteroatoms. The maximum Gasteiger partial charge on any atom is 0.481 e. The maximum atomic E-state index is 14.1. The number of hydrogen-bond acceptors (Lipinski definition) is 7. The highest BCUT2D eigenvalue weighted by Crippen LogP contribution is 2.65. The van der Waals surface area contributed by atoms with Gasteiger partial charge in [0.05, 0.1) is 23.2 Å². The zero-order valence-corrected chi connectivity index (χ0v) is 28.9. The number of rotatable bonds is 11. The summed E-state index contributed by atoms with van der Waals surface area (Å²) in [5.41, 5.74) is 2.41. The summed E-state index contributed by atoms with van der Waals surface area (Å²) >= 11 is 1.55. The van der Waals surface area contributed by atoms with Crippen molar-refractivity contribution in [1.29, 1.82) is 0 Å². The van der Waals surface area contributed by atoms with Crippen molar-refractivity contribution in [3.8, 4) is 10.4 Å². The molecule has 3 aliphatic carbocycles. The first-order valence-corrected chi connectivity index (χ1v) is 17.5. The van der Waals surface area contributed by atoms with E-state index in [-0.39, 0.29) is 29.9 Å². The van der Waals surface area contributed by atoms with Gasteiger partial charge in [-0.05, 0) is 85.9 Å². The SMILES string of the molecule is Cc1ccc(C(=O)NC[C@H](NC(=O)c2cncc(-c3cccs3)c2)C(=O)N[C@@H](CC(C)C)B2O[C@@H]3C[C@H]4C[C@@H](C4(C)C)[C@]3(C)O2)cc1. The highest BCUT2D eigenvalue weighted by atomic mass is 32.1. The third-order valence-electron chi connectivity index (χ3n) is 10.6. The summed E-state index contributed by atoms with van der Waals surface area (Å²) in [6.45, 7) is 12.8. The average molecular weight is 657 g/mol. The average Bonchev–Trinajstić information content (AvgIpc) is 3.70. The molecule has 4 aliphatic rings. The molecule has 1 saturated heterocycles. The number of carbonyl (C=O) groups excluding carboxylic acids is 3. The number of nitrogens with zero attached hydrogens (tertiary/aromatic N) is 1. The lowest BCUT2D eigenvalue weighted by Gasteiger charge is -2.64. The van der Waals surface area contributed by atoms with Crippen LogP contribution in [0.4, 0.5) is 0 Å². The Balaban J connectivity index is 1.20. The molecule has 3 aromatic rings. The van der Waals surface area contributed by atoms with Gasteiger partial charge < -0.3 is 25.3 Å². The van der Waals surface area contributed by atoms with Crippen molar-refractivity contribution in [2.24, 2.45) is 23.2 Å². The summed E-state index contributed by atoms with van der Waals surface area (Å²) in [7, 11) is -0.614. The molecule has 47 heavy (non-hydrogen) atoms. The van der Waals surface area contributed by atoms with Crippen LogP contribution in [0.1, 0.15) is 80.2 Å². The normalized spacial score (nSPS) is 25.3. The lowest BCUT2D eigenvalue weighted by molar-refractivity contribution is -0.199. The first-order chi connectivity index (χ1) is 22.3. The van der Waals surface area contributed by atoms with Crippen LogP contribution < -0.4 is 16.0 Å². The number of carbonyl (C=O) groups is 3. The van der Waals surface area contributed by atoms with E-state index in [4.69, 9.17) is 9.31 Å². The molecule has 248 valence electrons. The Bertz CT molecular complexity index is 1610. The molecule has 6 atom stereocenters. The summed E-state index contributed by atoms with van der Waals surface area (Å²) in [5, 5.41) is 10.8. The monoisotopic (exact) mass is 656 g/mol. The number of pyridine rings is 1. The number of nitrogens with one attached hydrogen (secondary N) is 3. The van der Waals surface area contributed by atoms with E-state index in [1.54, 1.807) is 35.7 Å². The van der Waals surface area contributed by atoms with Gasteiger partial charge in [0.1, 0.15) is 6.04 Å². The number of amides is 3. The van der Waals surface area contributed by atoms with Gasteiger partial charge in [0.15, 0.2) is 0 Å². The van der Waals surface area contributed by atoms with Crippen molar-refractivity contribution >= 4 is 36.2 Å². The van der Waals surface area contributed by atoms with Crippen LogP contribution in [0, 0.1) is 30.1 Å². The van der Waals surface area contributed by atoms with Crippen LogP contribution in [0.3, 0.4) is 0 Å². The Morgan fingerprint density at radius 3 is 2.47 bits per heavy atom. The molecule has 1 aliphatic heterocycles. The highest BCUT2D eigenvalue weighted by Gasteiger charge is 2.68. The first-order valence-electron chi connectivity index (χ1n) is 16.6. The van der Waals surface area contributed by atoms with Crippen molar-refractivity contribution in [1.82, 2.24) is 20.9 Å². The molecule has 0 spiro atoms. The number of aryl methyl sites for hydroxylation is 1. The van der Waals surface area contributed by atoms with Crippen molar-refractivity contribution in [2.75, 3.05) is 6.54 Å². The van der Waals surface area contributed by atoms with Crippen molar-refractivity contribution in [2.45, 2.75) is 84.5 Å². The molecule has 1 aromatic carbocycles. The van der Waals surface area contributed by atoms with E-state index in [0.29, 0.717) is 29.4 Å². The Morgan fingerprint density at radius 1 is 1.02 bits per heavy atom. The second-order valence-corrected chi connectivity index (χ2v) is 15.6. The molecule has 7 rings (SSSR count). The summed E-state index contributed by atoms with van der Waals surface area (Å²) in [6, 6.07) is 11.8. The second-order valence-electron chi connectivity index (χ2n) is 14.6. The number of aromatic nitrogens is 1. The predicted octanol–water partition coefficient (Wildman–Crippen LogP) is 5.45. The number of hydrogen-bond donors (Lipinski definition) is 3. The van der Waals surface area contributed by atoms with Gasteiger partial charge in [0.25, 0.3) is 11.8 Å². The van der Waals surface area contributed by atoms with E-state index in [1.165, 1.54) is 6.20 Å². The van der Waals surface area contributed by atoms with Crippen molar-refractivity contribution < 1.29 is 23.7 Å². The van der Waals surface area contributed by atoms with Crippen LogP contribution in [0.15, 0.2) is 60.2 Å². The van der Waals surface area contributed by atoms with Gasteiger partial charge in [-0.25, -0.2) is 0 Å². The van der Waals surface area contributed by atoms with Crippen LogP contribution in [0.5, 0.6) is 0 Å². The number of thiophene rings is 1. The smallest absolute Gasteiger partial charge is 0.404 e. The Labute approximate surface area is 281 Å². The Kier molecular flexibility index (Phi) is 9.35. The molecule has 0 radical (unpaired) electrons. The quantitative estimate of drug-likeness (QED) is 0.237. The van der Waals surface area contributed by atoms with Crippen LogP contribution in [0.2, 0.25) is 0 Å². The molecule has 0 unspecified atom stereocenters. The standard InChI is InChI=1S/C36H45BN4O5S/c1-21(2)14-31(37-45-30-17-26-16-29(35(26,4)5)36(30,6)46-37)41-34(44)27(20-39-32(42)23-11-9-22(3)10-12-23)40-33(43)25-15-24(18-38-19-25)28-8-7-13-47-28/h7-13,15,18-19,21,26-27,29-31H,14,16-17,20H2,1-6H3,(H,39,42)(H,40,43)(H,41,44)/t26-,27+,29+,30-,31+,36+/m1/s1. The molecule has 3 amide bonds. The minimum absolute atomic E-state index is 0.0248. The topological polar surface area (TPSA) is 119 Å². The summed E-state index contributed by atoms with van der Waals surface area (Å²) < 4.78 is 13.3. The summed E-state index contributed by atoms with van der Waals surface area (Å²) in [5.74, 6) is -0.424. The van der Waals surface area contributed by atoms with Gasteiger partial charge in [-0.1, -0.05) is 51.5 Å². The molecule has 3 heterocycles. The molecule has 2 aromatic heterocycles. The Hall–Kier alpha value is -3.54. The molecule has 3 saturated carbocycles. The van der Waals surface area contributed by atoms with Crippen LogP contribution >= 0.6 is 11.3 Å². The van der Waals surface area contributed by atoms with E-state index >= 15 is 0 Å². The minimum Gasteiger partial charge on any atom is -0.404 e. The van der Waals surface area contributed by atoms with Gasteiger partial charge in [-0.3, -0.25) is 19.4 Å². The fourth-order valence-electron chi connectivity index (χ4n) is 7.69. The zero-order valence-electron chi connectivity index (χ0n) is 28.0. The highest BCUT2D eigenvalue weighted by molar-refractivity contribution is 7.13. The molecule has 9 nitrogen and oxygen atoms in total. The lowest BCUT2D eigenvalue weighted by atomic mass is 9.43. The molecular weight excluding hydrogens is 611 g/mol. The van der Waals surface area contributed by atoms with Crippen LogP contribution in [0.25, 0.3) is 10.4 Å². The van der Waals surface area contributed by atoms with E-state index in [1.807, 2.05) is 36.6 Å². The van der Waals surface area contributed by atoms with Gasteiger partial charge in [-0.2, -0.15) is 0 Å². The number of benzene rings is 1. The third-order valence-corrected chi connectivity index (χ3v) is 11.5. The van der Waals surface area contributed by atoms with Crippen LogP contribution in [-0.4, -0.2) is 60.1 Å². The van der Waals surface area contributed by atoms with Crippen molar-refractivity contribution in [3.05, 3.63) is 76.9 Å². The predicted molar refractivity (Wildman–Crippen MR) is 184 cm³/mol. The fraction of sp³-hybridized carbons (Fsp3) is 0.500. The fourth-order valence-corrected chi connectivity index (χ4v) is 8.40. The maximum absolute atomic E-state index is 14.1. The van der Waals surface area contributed by atoms with Gasteiger partial charge in [-0.15, -0.1) is 11.3 Å². The summed E-state index contributed by atoms with van der Waals surface area (Å²) in [4.78, 5) is 46.0. The molecule has 2 bridgehead atoms. The second kappa shape index (κ2) is 13.2. The molecule has 4 fully saturated rings. The first kappa shape index (κ1) is 33.4.